The fourth-order valence-corrected chi connectivity index (χ4v) is 3.61. The Morgan fingerprint density at radius 1 is 0.900 bits per heavy atom. The van der Waals surface area contributed by atoms with Crippen molar-refractivity contribution in [3.8, 4) is 0 Å². The van der Waals surface area contributed by atoms with Gasteiger partial charge in [0.05, 0.1) is 4.90 Å². The molecule has 9 heteroatoms. The van der Waals surface area contributed by atoms with Crippen LogP contribution in [0.3, 0.4) is 0 Å². The number of benzene rings is 2. The molecule has 0 aromatic heterocycles. The van der Waals surface area contributed by atoms with Crippen LogP contribution in [0.2, 0.25) is 0 Å². The van der Waals surface area contributed by atoms with Crippen LogP contribution >= 0.6 is 0 Å². The Morgan fingerprint density at radius 2 is 1.50 bits per heavy atom. The number of hydrogen-bond donors (Lipinski definition) is 2. The number of nitrogens with zero attached hydrogens (tertiary/aromatic N) is 2. The van der Waals surface area contributed by atoms with E-state index in [9.17, 15) is 18.0 Å². The summed E-state index contributed by atoms with van der Waals surface area (Å²) in [7, 11) is 1.16. The topological polar surface area (TPSA) is 98.8 Å². The summed E-state index contributed by atoms with van der Waals surface area (Å²) in [5, 5.41) is 0. The molecule has 0 heterocycles. The quantitative estimate of drug-likeness (QED) is 0.624. The first-order valence-electron chi connectivity index (χ1n) is 9.61. The van der Waals surface area contributed by atoms with Crippen LogP contribution in [-0.4, -0.2) is 52.2 Å². The molecule has 0 atom stereocenters. The first kappa shape index (κ1) is 23.4. The second kappa shape index (κ2) is 10.2. The van der Waals surface area contributed by atoms with Crippen LogP contribution in [0.4, 0.5) is 5.69 Å². The van der Waals surface area contributed by atoms with Crippen molar-refractivity contribution in [3.05, 3.63) is 59.7 Å². The maximum atomic E-state index is 12.3. The van der Waals surface area contributed by atoms with Gasteiger partial charge in [-0.3, -0.25) is 20.4 Å². The smallest absolute Gasteiger partial charge is 0.269 e. The highest BCUT2D eigenvalue weighted by atomic mass is 32.2. The van der Waals surface area contributed by atoms with E-state index in [0.717, 1.165) is 29.4 Å². The first-order valence-corrected chi connectivity index (χ1v) is 11.0. The van der Waals surface area contributed by atoms with Crippen molar-refractivity contribution in [3.63, 3.8) is 0 Å². The molecule has 0 aliphatic heterocycles. The van der Waals surface area contributed by atoms with Gasteiger partial charge in [-0.25, -0.2) is 12.7 Å². The number of unbranched alkanes of at least 4 members (excludes halogenated alkanes) is 1. The predicted molar refractivity (Wildman–Crippen MR) is 117 cm³/mol. The van der Waals surface area contributed by atoms with Crippen molar-refractivity contribution in [1.29, 1.82) is 0 Å². The third kappa shape index (κ3) is 5.80. The maximum absolute atomic E-state index is 12.3. The average molecular weight is 433 g/mol. The molecule has 0 fully saturated rings. The molecule has 162 valence electrons. The average Bonchev–Trinajstić information content (AvgIpc) is 2.75. The summed E-state index contributed by atoms with van der Waals surface area (Å²) < 4.78 is 25.5. The summed E-state index contributed by atoms with van der Waals surface area (Å²) in [5.74, 6) is -1.08. The molecule has 2 amide bonds. The van der Waals surface area contributed by atoms with Gasteiger partial charge in [-0.15, -0.1) is 0 Å². The Hall–Kier alpha value is -2.91. The van der Waals surface area contributed by atoms with Crippen molar-refractivity contribution >= 4 is 27.5 Å². The lowest BCUT2D eigenvalue weighted by Gasteiger charge is -2.19. The fraction of sp³-hybridized carbons (Fsp3) is 0.333. The van der Waals surface area contributed by atoms with Crippen molar-refractivity contribution in [2.75, 3.05) is 32.6 Å². The normalized spacial score (nSPS) is 11.2. The number of hydrogen-bond acceptors (Lipinski definition) is 5. The SMILES string of the molecule is CCCCN(C)c1ccc(C(=O)NNC(=O)c2cccc(S(=O)(=O)N(C)C)c2)cc1. The number of rotatable bonds is 8. The highest BCUT2D eigenvalue weighted by molar-refractivity contribution is 7.89. The third-order valence-corrected chi connectivity index (χ3v) is 6.39. The zero-order valence-electron chi connectivity index (χ0n) is 17.7. The van der Waals surface area contributed by atoms with Crippen LogP contribution in [0.15, 0.2) is 53.4 Å². The van der Waals surface area contributed by atoms with Crippen molar-refractivity contribution < 1.29 is 18.0 Å². The van der Waals surface area contributed by atoms with E-state index >= 15 is 0 Å². The summed E-state index contributed by atoms with van der Waals surface area (Å²) in [4.78, 5) is 26.7. The number of carbonyl (C=O) groups excluding carboxylic acids is 2. The molecular formula is C21H28N4O4S. The molecule has 0 saturated heterocycles. The number of amides is 2. The standard InChI is InChI=1S/C21H28N4O4S/c1-5-6-14-25(4)18-12-10-16(11-13-18)20(26)22-23-21(27)17-8-7-9-19(15-17)30(28,29)24(2)3/h7-13,15H,5-6,14H2,1-4H3,(H,22,26)(H,23,27). The molecule has 0 aliphatic rings. The fourth-order valence-electron chi connectivity index (χ4n) is 2.66. The summed E-state index contributed by atoms with van der Waals surface area (Å²) in [5.41, 5.74) is 6.18. The first-order chi connectivity index (χ1) is 14.2. The summed E-state index contributed by atoms with van der Waals surface area (Å²) in [6, 6.07) is 12.7. The van der Waals surface area contributed by atoms with E-state index in [0.29, 0.717) is 5.56 Å². The van der Waals surface area contributed by atoms with E-state index in [1.807, 2.05) is 19.2 Å². The number of sulfonamides is 1. The van der Waals surface area contributed by atoms with Crippen molar-refractivity contribution in [1.82, 2.24) is 15.2 Å². The van der Waals surface area contributed by atoms with Gasteiger partial charge < -0.3 is 4.90 Å². The lowest BCUT2D eigenvalue weighted by Crippen LogP contribution is -2.41. The van der Waals surface area contributed by atoms with E-state index in [-0.39, 0.29) is 10.5 Å². The molecular weight excluding hydrogens is 404 g/mol. The molecule has 0 unspecified atom stereocenters. The molecule has 0 radical (unpaired) electrons. The van der Waals surface area contributed by atoms with E-state index in [4.69, 9.17) is 0 Å². The van der Waals surface area contributed by atoms with Crippen molar-refractivity contribution in [2.24, 2.45) is 0 Å². The van der Waals surface area contributed by atoms with Gasteiger partial charge in [-0.2, -0.15) is 0 Å². The van der Waals surface area contributed by atoms with E-state index < -0.39 is 21.8 Å². The number of carbonyl (C=O) groups is 2. The van der Waals surface area contributed by atoms with Crippen LogP contribution in [0, 0.1) is 0 Å². The van der Waals surface area contributed by atoms with Gasteiger partial charge in [0.1, 0.15) is 0 Å². The van der Waals surface area contributed by atoms with E-state index in [1.165, 1.54) is 38.4 Å². The minimum atomic E-state index is -3.66. The molecule has 2 aromatic rings. The Kier molecular flexibility index (Phi) is 7.96. The lowest BCUT2D eigenvalue weighted by atomic mass is 10.2. The molecule has 30 heavy (non-hydrogen) atoms. The Morgan fingerprint density at radius 3 is 2.07 bits per heavy atom. The van der Waals surface area contributed by atoms with Crippen LogP contribution in [0.5, 0.6) is 0 Å². The van der Waals surface area contributed by atoms with Crippen LogP contribution < -0.4 is 15.8 Å². The third-order valence-electron chi connectivity index (χ3n) is 4.58. The molecule has 0 spiro atoms. The second-order valence-electron chi connectivity index (χ2n) is 7.05. The zero-order chi connectivity index (χ0) is 22.3. The van der Waals surface area contributed by atoms with Crippen molar-refractivity contribution in [2.45, 2.75) is 24.7 Å². The molecule has 2 N–H and O–H groups in total. The molecule has 2 aromatic carbocycles. The van der Waals surface area contributed by atoms with Crippen LogP contribution in [-0.2, 0) is 10.0 Å². The van der Waals surface area contributed by atoms with Gasteiger partial charge in [0.15, 0.2) is 0 Å². The minimum Gasteiger partial charge on any atom is -0.375 e. The van der Waals surface area contributed by atoms with Gasteiger partial charge in [0.2, 0.25) is 10.0 Å². The molecule has 2 rings (SSSR count). The summed E-state index contributed by atoms with van der Waals surface area (Å²) in [6.45, 7) is 3.06. The predicted octanol–water partition coefficient (Wildman–Crippen LogP) is 2.25. The highest BCUT2D eigenvalue weighted by Crippen LogP contribution is 2.16. The van der Waals surface area contributed by atoms with Gasteiger partial charge in [0, 0.05) is 44.5 Å². The lowest BCUT2D eigenvalue weighted by molar-refractivity contribution is 0.0846. The number of anilines is 1. The molecule has 0 bridgehead atoms. The van der Waals surface area contributed by atoms with Gasteiger partial charge in [-0.05, 0) is 48.9 Å². The Balaban J connectivity index is 2.00. The van der Waals surface area contributed by atoms with Crippen LogP contribution in [0.1, 0.15) is 40.5 Å². The maximum Gasteiger partial charge on any atom is 0.269 e. The summed E-state index contributed by atoms with van der Waals surface area (Å²) >= 11 is 0. The Labute approximate surface area is 177 Å². The Bertz CT molecular complexity index is 988. The van der Waals surface area contributed by atoms with Gasteiger partial charge >= 0.3 is 0 Å². The second-order valence-corrected chi connectivity index (χ2v) is 9.20. The summed E-state index contributed by atoms with van der Waals surface area (Å²) in [6.07, 6.45) is 2.19. The largest absolute Gasteiger partial charge is 0.375 e. The number of hydrazine groups is 1. The highest BCUT2D eigenvalue weighted by Gasteiger charge is 2.19. The monoisotopic (exact) mass is 432 g/mol. The number of nitrogens with one attached hydrogen (secondary N) is 2. The van der Waals surface area contributed by atoms with E-state index in [2.05, 4.69) is 22.7 Å². The molecule has 0 saturated carbocycles. The van der Waals surface area contributed by atoms with Gasteiger partial charge in [-0.1, -0.05) is 19.4 Å². The molecule has 8 nitrogen and oxygen atoms in total. The zero-order valence-corrected chi connectivity index (χ0v) is 18.5. The minimum absolute atomic E-state index is 0.00532. The van der Waals surface area contributed by atoms with Crippen LogP contribution in [0.25, 0.3) is 0 Å². The molecule has 0 aliphatic carbocycles. The van der Waals surface area contributed by atoms with E-state index in [1.54, 1.807) is 12.1 Å². The van der Waals surface area contributed by atoms with Gasteiger partial charge in [0.25, 0.3) is 11.8 Å².